The number of benzene rings is 1. The SMILES string of the molecule is CCCc1nc(NN)c(C)c(Nc2ccc(SC)cc2)n1. The molecule has 4 N–H and O–H groups in total. The minimum atomic E-state index is 0.664. The fourth-order valence-electron chi connectivity index (χ4n) is 1.97. The fraction of sp³-hybridized carbons (Fsp3) is 0.333. The first-order valence-electron chi connectivity index (χ1n) is 6.93. The van der Waals surface area contributed by atoms with Crippen molar-refractivity contribution < 1.29 is 0 Å². The third kappa shape index (κ3) is 3.86. The Bertz CT molecular complexity index is 598. The standard InChI is InChI=1S/C15H21N5S/c1-4-5-13-18-14(10(2)15(19-13)20-16)17-11-6-8-12(21-3)9-7-11/h6-9H,4-5,16H2,1-3H3,(H2,17,18,19,20). The van der Waals surface area contributed by atoms with E-state index in [1.165, 1.54) is 4.90 Å². The van der Waals surface area contributed by atoms with E-state index in [4.69, 9.17) is 5.84 Å². The number of nitrogens with one attached hydrogen (secondary N) is 2. The summed E-state index contributed by atoms with van der Waals surface area (Å²) < 4.78 is 0. The van der Waals surface area contributed by atoms with E-state index in [0.29, 0.717) is 5.82 Å². The number of nitrogens with two attached hydrogens (primary N) is 1. The molecule has 0 aliphatic heterocycles. The quantitative estimate of drug-likeness (QED) is 0.431. The van der Waals surface area contributed by atoms with Crippen molar-refractivity contribution in [1.82, 2.24) is 9.97 Å². The maximum absolute atomic E-state index is 5.55. The summed E-state index contributed by atoms with van der Waals surface area (Å²) in [7, 11) is 0. The first kappa shape index (κ1) is 15.6. The van der Waals surface area contributed by atoms with Gasteiger partial charge in [-0.15, -0.1) is 11.8 Å². The Morgan fingerprint density at radius 2 is 1.81 bits per heavy atom. The van der Waals surface area contributed by atoms with Gasteiger partial charge in [-0.05, 0) is 43.9 Å². The van der Waals surface area contributed by atoms with Crippen LogP contribution in [0.5, 0.6) is 0 Å². The van der Waals surface area contributed by atoms with Crippen LogP contribution in [0, 0.1) is 6.92 Å². The highest BCUT2D eigenvalue weighted by atomic mass is 32.2. The highest BCUT2D eigenvalue weighted by molar-refractivity contribution is 7.98. The van der Waals surface area contributed by atoms with Crippen molar-refractivity contribution in [3.05, 3.63) is 35.7 Å². The van der Waals surface area contributed by atoms with Crippen LogP contribution in [0.4, 0.5) is 17.3 Å². The Morgan fingerprint density at radius 1 is 1.14 bits per heavy atom. The Balaban J connectivity index is 2.30. The monoisotopic (exact) mass is 303 g/mol. The maximum atomic E-state index is 5.55. The van der Waals surface area contributed by atoms with Crippen LogP contribution in [-0.2, 0) is 6.42 Å². The molecule has 0 aliphatic carbocycles. The number of hydrogen-bond acceptors (Lipinski definition) is 6. The van der Waals surface area contributed by atoms with Crippen LogP contribution in [0.25, 0.3) is 0 Å². The summed E-state index contributed by atoms with van der Waals surface area (Å²) in [4.78, 5) is 10.2. The molecular weight excluding hydrogens is 282 g/mol. The van der Waals surface area contributed by atoms with Gasteiger partial charge in [-0.1, -0.05) is 6.92 Å². The van der Waals surface area contributed by atoms with Gasteiger partial charge in [-0.2, -0.15) is 0 Å². The minimum Gasteiger partial charge on any atom is -0.340 e. The molecular formula is C15H21N5S. The molecule has 0 aliphatic rings. The molecule has 2 aromatic rings. The van der Waals surface area contributed by atoms with E-state index in [9.17, 15) is 0 Å². The van der Waals surface area contributed by atoms with Crippen molar-refractivity contribution in [1.29, 1.82) is 0 Å². The average Bonchev–Trinajstić information content (AvgIpc) is 2.51. The summed E-state index contributed by atoms with van der Waals surface area (Å²) in [5.41, 5.74) is 4.55. The Hall–Kier alpha value is -1.79. The van der Waals surface area contributed by atoms with Gasteiger partial charge in [0.2, 0.25) is 0 Å². The predicted octanol–water partition coefficient (Wildman–Crippen LogP) is 3.49. The molecule has 112 valence electrons. The number of hydrogen-bond donors (Lipinski definition) is 3. The number of rotatable bonds is 6. The Kier molecular flexibility index (Phi) is 5.41. The van der Waals surface area contributed by atoms with Crippen molar-refractivity contribution >= 4 is 29.1 Å². The van der Waals surface area contributed by atoms with Gasteiger partial charge in [-0.3, -0.25) is 0 Å². The van der Waals surface area contributed by atoms with Gasteiger partial charge >= 0.3 is 0 Å². The second-order valence-corrected chi connectivity index (χ2v) is 5.59. The molecule has 5 nitrogen and oxygen atoms in total. The topological polar surface area (TPSA) is 75.9 Å². The van der Waals surface area contributed by atoms with Crippen LogP contribution >= 0.6 is 11.8 Å². The van der Waals surface area contributed by atoms with E-state index in [0.717, 1.165) is 35.7 Å². The molecule has 0 atom stereocenters. The number of aromatic nitrogens is 2. The second-order valence-electron chi connectivity index (χ2n) is 4.71. The number of hydrazine groups is 1. The van der Waals surface area contributed by atoms with E-state index in [1.807, 2.05) is 19.1 Å². The molecule has 1 aromatic carbocycles. The molecule has 1 aromatic heterocycles. The summed E-state index contributed by atoms with van der Waals surface area (Å²) >= 11 is 1.72. The van der Waals surface area contributed by atoms with E-state index >= 15 is 0 Å². The van der Waals surface area contributed by atoms with E-state index in [2.05, 4.69) is 46.0 Å². The lowest BCUT2D eigenvalue weighted by atomic mass is 10.2. The maximum Gasteiger partial charge on any atom is 0.148 e. The zero-order valence-electron chi connectivity index (χ0n) is 12.6. The third-order valence-electron chi connectivity index (χ3n) is 3.16. The first-order valence-corrected chi connectivity index (χ1v) is 8.15. The van der Waals surface area contributed by atoms with Crippen LogP contribution in [-0.4, -0.2) is 16.2 Å². The van der Waals surface area contributed by atoms with Crippen LogP contribution in [0.2, 0.25) is 0 Å². The van der Waals surface area contributed by atoms with E-state index < -0.39 is 0 Å². The van der Waals surface area contributed by atoms with Gasteiger partial charge in [-0.25, -0.2) is 15.8 Å². The summed E-state index contributed by atoms with van der Waals surface area (Å²) in [6, 6.07) is 8.25. The van der Waals surface area contributed by atoms with Crippen LogP contribution in [0.1, 0.15) is 24.7 Å². The van der Waals surface area contributed by atoms with Gasteiger partial charge in [0.1, 0.15) is 17.5 Å². The lowest BCUT2D eigenvalue weighted by molar-refractivity contribution is 0.833. The molecule has 0 radical (unpaired) electrons. The van der Waals surface area contributed by atoms with Crippen molar-refractivity contribution in [2.24, 2.45) is 5.84 Å². The van der Waals surface area contributed by atoms with Crippen molar-refractivity contribution in [3.63, 3.8) is 0 Å². The van der Waals surface area contributed by atoms with Gasteiger partial charge in [0.15, 0.2) is 0 Å². The zero-order valence-corrected chi connectivity index (χ0v) is 13.4. The molecule has 0 saturated heterocycles. The first-order chi connectivity index (χ1) is 10.2. The molecule has 0 unspecified atom stereocenters. The minimum absolute atomic E-state index is 0.664. The second kappa shape index (κ2) is 7.28. The summed E-state index contributed by atoms with van der Waals surface area (Å²) in [5, 5.41) is 3.34. The number of anilines is 3. The lowest BCUT2D eigenvalue weighted by Gasteiger charge is -2.13. The van der Waals surface area contributed by atoms with E-state index in [-0.39, 0.29) is 0 Å². The van der Waals surface area contributed by atoms with Crippen molar-refractivity contribution in [2.45, 2.75) is 31.6 Å². The molecule has 21 heavy (non-hydrogen) atoms. The number of nitrogens with zero attached hydrogens (tertiary/aromatic N) is 2. The zero-order chi connectivity index (χ0) is 15.2. The number of aryl methyl sites for hydroxylation is 1. The summed E-state index contributed by atoms with van der Waals surface area (Å²) in [6.07, 6.45) is 3.89. The Labute approximate surface area is 129 Å². The van der Waals surface area contributed by atoms with E-state index in [1.54, 1.807) is 11.8 Å². The smallest absolute Gasteiger partial charge is 0.148 e. The third-order valence-corrected chi connectivity index (χ3v) is 3.90. The van der Waals surface area contributed by atoms with Gasteiger partial charge < -0.3 is 10.7 Å². The Morgan fingerprint density at radius 3 is 2.38 bits per heavy atom. The number of thioether (sulfide) groups is 1. The predicted molar refractivity (Wildman–Crippen MR) is 90.1 cm³/mol. The lowest BCUT2D eigenvalue weighted by Crippen LogP contribution is -2.14. The van der Waals surface area contributed by atoms with Gasteiger partial charge in [0, 0.05) is 22.6 Å². The average molecular weight is 303 g/mol. The van der Waals surface area contributed by atoms with Gasteiger partial charge in [0.25, 0.3) is 0 Å². The molecule has 0 spiro atoms. The molecule has 6 heteroatoms. The molecule has 0 amide bonds. The largest absolute Gasteiger partial charge is 0.340 e. The number of nitrogen functional groups attached to an aromatic ring is 1. The van der Waals surface area contributed by atoms with Crippen molar-refractivity contribution in [2.75, 3.05) is 17.0 Å². The molecule has 0 fully saturated rings. The van der Waals surface area contributed by atoms with Crippen LogP contribution in [0.15, 0.2) is 29.2 Å². The molecule has 0 saturated carbocycles. The molecule has 0 bridgehead atoms. The normalized spacial score (nSPS) is 10.5. The highest BCUT2D eigenvalue weighted by Gasteiger charge is 2.10. The van der Waals surface area contributed by atoms with Crippen molar-refractivity contribution in [3.8, 4) is 0 Å². The summed E-state index contributed by atoms with van der Waals surface area (Å²) in [5.74, 6) is 7.79. The van der Waals surface area contributed by atoms with Crippen LogP contribution < -0.4 is 16.6 Å². The molecule has 1 heterocycles. The van der Waals surface area contributed by atoms with Gasteiger partial charge in [0.05, 0.1) is 0 Å². The summed E-state index contributed by atoms with van der Waals surface area (Å²) in [6.45, 7) is 4.05. The van der Waals surface area contributed by atoms with Crippen LogP contribution in [0.3, 0.4) is 0 Å². The fourth-order valence-corrected chi connectivity index (χ4v) is 2.38. The highest BCUT2D eigenvalue weighted by Crippen LogP contribution is 2.25. The molecule has 2 rings (SSSR count).